The first kappa shape index (κ1) is 19.0. The molecule has 1 fully saturated rings. The number of rotatable bonds is 6. The quantitative estimate of drug-likeness (QED) is 0.810. The second-order valence-corrected chi connectivity index (χ2v) is 8.29. The molecule has 1 aromatic carbocycles. The number of benzene rings is 1. The predicted molar refractivity (Wildman–Crippen MR) is 110 cm³/mol. The van der Waals surface area contributed by atoms with Crippen LogP contribution in [0.4, 0.5) is 5.69 Å². The molecule has 28 heavy (non-hydrogen) atoms. The average Bonchev–Trinajstić information content (AvgIpc) is 3.34. The minimum atomic E-state index is -0.292. The van der Waals surface area contributed by atoms with Crippen molar-refractivity contribution < 1.29 is 14.3 Å². The fraction of sp³-hybridized carbons (Fsp3) is 0.429. The van der Waals surface area contributed by atoms with E-state index >= 15 is 0 Å². The lowest BCUT2D eigenvalue weighted by atomic mass is 10.1. The molecule has 1 N–H and O–H groups in total. The molecule has 0 saturated carbocycles. The molecule has 0 unspecified atom stereocenters. The van der Waals surface area contributed by atoms with Crippen LogP contribution in [0.1, 0.15) is 16.9 Å². The molecule has 2 aromatic rings. The number of amides is 2. The Morgan fingerprint density at radius 1 is 1.29 bits per heavy atom. The molecule has 3 heterocycles. The van der Waals surface area contributed by atoms with Crippen molar-refractivity contribution in [2.45, 2.75) is 19.4 Å². The Morgan fingerprint density at radius 2 is 2.11 bits per heavy atom. The first-order chi connectivity index (χ1) is 13.6. The second kappa shape index (κ2) is 8.32. The van der Waals surface area contributed by atoms with Gasteiger partial charge in [0, 0.05) is 49.7 Å². The molecule has 6 nitrogen and oxygen atoms in total. The highest BCUT2D eigenvalue weighted by atomic mass is 32.1. The van der Waals surface area contributed by atoms with Gasteiger partial charge in [-0.15, -0.1) is 11.3 Å². The van der Waals surface area contributed by atoms with Crippen LogP contribution in [0.3, 0.4) is 0 Å². The molecule has 2 aliphatic rings. The lowest BCUT2D eigenvalue weighted by Crippen LogP contribution is -2.40. The van der Waals surface area contributed by atoms with Crippen LogP contribution in [-0.4, -0.2) is 50.0 Å². The van der Waals surface area contributed by atoms with Crippen molar-refractivity contribution in [3.05, 3.63) is 46.2 Å². The first-order valence-electron chi connectivity index (χ1n) is 9.64. The number of methoxy groups -OCH3 is 1. The summed E-state index contributed by atoms with van der Waals surface area (Å²) in [5.41, 5.74) is 2.22. The lowest BCUT2D eigenvalue weighted by molar-refractivity contribution is -0.126. The van der Waals surface area contributed by atoms with Gasteiger partial charge in [-0.1, -0.05) is 0 Å². The van der Waals surface area contributed by atoms with Gasteiger partial charge in [0.25, 0.3) is 0 Å². The summed E-state index contributed by atoms with van der Waals surface area (Å²) in [4.78, 5) is 30.5. The molecular weight excluding hydrogens is 374 g/mol. The molecule has 2 aliphatic heterocycles. The Kier molecular flexibility index (Phi) is 5.64. The van der Waals surface area contributed by atoms with Gasteiger partial charge < -0.3 is 15.0 Å². The minimum Gasteiger partial charge on any atom is -0.497 e. The van der Waals surface area contributed by atoms with E-state index in [1.54, 1.807) is 12.0 Å². The maximum Gasteiger partial charge on any atom is 0.227 e. The highest BCUT2D eigenvalue weighted by Gasteiger charge is 2.35. The fourth-order valence-corrected chi connectivity index (χ4v) is 4.76. The third kappa shape index (κ3) is 4.05. The van der Waals surface area contributed by atoms with Crippen molar-refractivity contribution in [1.82, 2.24) is 10.2 Å². The Morgan fingerprint density at radius 3 is 2.89 bits per heavy atom. The third-order valence-corrected chi connectivity index (χ3v) is 6.52. The second-order valence-electron chi connectivity index (χ2n) is 7.29. The number of anilines is 1. The molecule has 4 rings (SSSR count). The first-order valence-corrected chi connectivity index (χ1v) is 10.5. The van der Waals surface area contributed by atoms with Gasteiger partial charge in [-0.05, 0) is 47.7 Å². The van der Waals surface area contributed by atoms with E-state index in [4.69, 9.17) is 4.74 Å². The lowest BCUT2D eigenvalue weighted by Gasteiger charge is -2.26. The van der Waals surface area contributed by atoms with E-state index in [0.29, 0.717) is 13.1 Å². The summed E-state index contributed by atoms with van der Waals surface area (Å²) in [5, 5.41) is 5.18. The predicted octanol–water partition coefficient (Wildman–Crippen LogP) is 2.28. The van der Waals surface area contributed by atoms with Crippen LogP contribution < -0.4 is 15.0 Å². The van der Waals surface area contributed by atoms with Crippen molar-refractivity contribution in [1.29, 1.82) is 0 Å². The molecule has 0 radical (unpaired) electrons. The minimum absolute atomic E-state index is 0.00802. The van der Waals surface area contributed by atoms with Crippen molar-refractivity contribution in [3.8, 4) is 5.75 Å². The molecule has 7 heteroatoms. The molecule has 2 amide bonds. The smallest absolute Gasteiger partial charge is 0.227 e. The van der Waals surface area contributed by atoms with Gasteiger partial charge in [-0.25, -0.2) is 0 Å². The highest BCUT2D eigenvalue weighted by molar-refractivity contribution is 7.10. The van der Waals surface area contributed by atoms with Gasteiger partial charge in [0.05, 0.1) is 13.0 Å². The van der Waals surface area contributed by atoms with Gasteiger partial charge in [0.2, 0.25) is 11.8 Å². The van der Waals surface area contributed by atoms with E-state index < -0.39 is 0 Å². The number of thiophene rings is 1. The fourth-order valence-electron chi connectivity index (χ4n) is 3.87. The number of hydrogen-bond donors (Lipinski definition) is 1. The zero-order chi connectivity index (χ0) is 19.5. The van der Waals surface area contributed by atoms with Crippen molar-refractivity contribution in [2.24, 2.45) is 5.92 Å². The molecule has 148 valence electrons. The summed E-state index contributed by atoms with van der Waals surface area (Å²) >= 11 is 1.83. The molecule has 1 atom stereocenters. The van der Waals surface area contributed by atoms with Crippen LogP contribution >= 0.6 is 11.3 Å². The Bertz CT molecular complexity index is 849. The monoisotopic (exact) mass is 399 g/mol. The van der Waals surface area contributed by atoms with Gasteiger partial charge in [-0.3, -0.25) is 14.5 Å². The van der Waals surface area contributed by atoms with Crippen LogP contribution in [0.25, 0.3) is 0 Å². The number of ether oxygens (including phenoxy) is 1. The topological polar surface area (TPSA) is 61.9 Å². The summed E-state index contributed by atoms with van der Waals surface area (Å²) in [6, 6.07) is 9.56. The zero-order valence-corrected chi connectivity index (χ0v) is 16.8. The number of carbonyl (C=O) groups excluding carboxylic acids is 2. The summed E-state index contributed by atoms with van der Waals surface area (Å²) in [6.07, 6.45) is 1.36. The third-order valence-electron chi connectivity index (χ3n) is 5.49. The van der Waals surface area contributed by atoms with Crippen LogP contribution in [0.5, 0.6) is 5.75 Å². The van der Waals surface area contributed by atoms with E-state index in [1.807, 2.05) is 35.6 Å². The molecule has 0 bridgehead atoms. The number of hydrogen-bond acceptors (Lipinski definition) is 5. The average molecular weight is 400 g/mol. The van der Waals surface area contributed by atoms with E-state index in [0.717, 1.165) is 37.5 Å². The molecule has 0 aliphatic carbocycles. The number of nitrogens with zero attached hydrogens (tertiary/aromatic N) is 2. The van der Waals surface area contributed by atoms with E-state index in [1.165, 1.54) is 10.4 Å². The maximum atomic E-state index is 12.5. The molecular formula is C21H25N3O3S. The van der Waals surface area contributed by atoms with Crippen LogP contribution in [-0.2, 0) is 22.6 Å². The van der Waals surface area contributed by atoms with Crippen LogP contribution in [0.2, 0.25) is 0 Å². The Hall–Kier alpha value is -2.38. The Balaban J connectivity index is 1.25. The summed E-state index contributed by atoms with van der Waals surface area (Å²) in [6.45, 7) is 3.88. The van der Waals surface area contributed by atoms with E-state index in [2.05, 4.69) is 21.7 Å². The van der Waals surface area contributed by atoms with Crippen LogP contribution in [0.15, 0.2) is 35.7 Å². The maximum absolute atomic E-state index is 12.5. The zero-order valence-electron chi connectivity index (χ0n) is 16.0. The SMILES string of the molecule is COc1ccc(N2C[C@H](C(=O)NCCN3CCc4sccc4C3)CC2=O)cc1. The molecule has 1 saturated heterocycles. The number of nitrogens with one attached hydrogen (secondary N) is 1. The summed E-state index contributed by atoms with van der Waals surface area (Å²) in [7, 11) is 1.61. The normalized spacial score (nSPS) is 19.5. The number of carbonyl (C=O) groups is 2. The van der Waals surface area contributed by atoms with Crippen LogP contribution in [0, 0.1) is 5.92 Å². The standard InChI is InChI=1S/C21H25N3O3S/c1-27-18-4-2-17(3-5-18)24-14-16(12-20(24)25)21(26)22-8-10-23-9-6-19-15(13-23)7-11-28-19/h2-5,7,11,16H,6,8-10,12-14H2,1H3,(H,22,26)/t16-/m1/s1. The molecule has 0 spiro atoms. The van der Waals surface area contributed by atoms with Crippen molar-refractivity contribution in [2.75, 3.05) is 38.2 Å². The highest BCUT2D eigenvalue weighted by Crippen LogP contribution is 2.27. The van der Waals surface area contributed by atoms with Gasteiger partial charge >= 0.3 is 0 Å². The van der Waals surface area contributed by atoms with E-state index in [-0.39, 0.29) is 24.2 Å². The van der Waals surface area contributed by atoms with Crippen molar-refractivity contribution >= 4 is 28.8 Å². The van der Waals surface area contributed by atoms with E-state index in [9.17, 15) is 9.59 Å². The molecule has 1 aromatic heterocycles. The van der Waals surface area contributed by atoms with Crippen molar-refractivity contribution in [3.63, 3.8) is 0 Å². The largest absolute Gasteiger partial charge is 0.497 e. The van der Waals surface area contributed by atoms with Gasteiger partial charge in [0.1, 0.15) is 5.75 Å². The van der Waals surface area contributed by atoms with Gasteiger partial charge in [0.15, 0.2) is 0 Å². The summed E-state index contributed by atoms with van der Waals surface area (Å²) in [5.74, 6) is 0.417. The Labute approximate surface area is 169 Å². The number of fused-ring (bicyclic) bond motifs is 1. The summed E-state index contributed by atoms with van der Waals surface area (Å²) < 4.78 is 5.16. The van der Waals surface area contributed by atoms with Gasteiger partial charge in [-0.2, -0.15) is 0 Å².